The van der Waals surface area contributed by atoms with Gasteiger partial charge in [-0.1, -0.05) is 23.7 Å². The van der Waals surface area contributed by atoms with Crippen LogP contribution in [0.25, 0.3) is 11.3 Å². The number of amides is 2. The number of aryl methyl sites for hydroxylation is 1. The fourth-order valence-corrected chi connectivity index (χ4v) is 2.63. The smallest absolute Gasteiger partial charge is 0.223 e. The van der Waals surface area contributed by atoms with E-state index in [1.54, 1.807) is 12.3 Å². The largest absolute Gasteiger partial charge is 0.441 e. The molecule has 1 aromatic carbocycles. The minimum atomic E-state index is -0.0989. The summed E-state index contributed by atoms with van der Waals surface area (Å²) in [4.78, 5) is 27.5. The molecule has 0 bridgehead atoms. The molecule has 1 aliphatic rings. The van der Waals surface area contributed by atoms with Crippen LogP contribution in [0.1, 0.15) is 25.2 Å². The highest BCUT2D eigenvalue weighted by Gasteiger charge is 2.28. The zero-order valence-electron chi connectivity index (χ0n) is 13.8. The van der Waals surface area contributed by atoms with Gasteiger partial charge in [-0.25, -0.2) is 4.98 Å². The lowest BCUT2D eigenvalue weighted by Crippen LogP contribution is -2.35. The number of oxazole rings is 1. The van der Waals surface area contributed by atoms with E-state index in [2.05, 4.69) is 15.6 Å². The minimum Gasteiger partial charge on any atom is -0.441 e. The molecule has 2 N–H and O–H groups in total. The van der Waals surface area contributed by atoms with Gasteiger partial charge in [0.2, 0.25) is 11.8 Å². The number of aromatic nitrogens is 1. The van der Waals surface area contributed by atoms with Crippen LogP contribution in [-0.4, -0.2) is 29.9 Å². The van der Waals surface area contributed by atoms with Gasteiger partial charge >= 0.3 is 0 Å². The Morgan fingerprint density at radius 2 is 1.96 bits per heavy atom. The molecule has 1 heterocycles. The van der Waals surface area contributed by atoms with Crippen LogP contribution >= 0.6 is 11.6 Å². The molecule has 6 nitrogen and oxygen atoms in total. The van der Waals surface area contributed by atoms with Crippen LogP contribution in [0.5, 0.6) is 0 Å². The van der Waals surface area contributed by atoms with Crippen LogP contribution in [0.2, 0.25) is 5.02 Å². The number of hydrogen-bond acceptors (Lipinski definition) is 4. The van der Waals surface area contributed by atoms with Crippen molar-refractivity contribution in [2.24, 2.45) is 5.92 Å². The Balaban J connectivity index is 1.39. The molecule has 0 radical (unpaired) electrons. The van der Waals surface area contributed by atoms with E-state index in [9.17, 15) is 9.59 Å². The van der Waals surface area contributed by atoms with Crippen molar-refractivity contribution < 1.29 is 14.0 Å². The van der Waals surface area contributed by atoms with Gasteiger partial charge < -0.3 is 15.1 Å². The number of nitrogens with zero attached hydrogens (tertiary/aromatic N) is 1. The number of carbonyl (C=O) groups is 2. The number of carbonyl (C=O) groups excluding carboxylic acids is 2. The fourth-order valence-electron chi connectivity index (χ4n) is 2.40. The Labute approximate surface area is 151 Å². The quantitative estimate of drug-likeness (QED) is 0.708. The summed E-state index contributed by atoms with van der Waals surface area (Å²) in [6, 6.07) is 7.36. The number of benzene rings is 1. The molecule has 0 atom stereocenters. The first-order valence-corrected chi connectivity index (χ1v) is 8.75. The molecule has 132 valence electrons. The monoisotopic (exact) mass is 361 g/mol. The van der Waals surface area contributed by atoms with Crippen molar-refractivity contribution >= 4 is 23.4 Å². The van der Waals surface area contributed by atoms with Crippen molar-refractivity contribution in [1.82, 2.24) is 15.6 Å². The fraction of sp³-hybridized carbons (Fsp3) is 0.389. The van der Waals surface area contributed by atoms with Crippen LogP contribution < -0.4 is 10.6 Å². The topological polar surface area (TPSA) is 84.2 Å². The first-order chi connectivity index (χ1) is 12.1. The lowest BCUT2D eigenvalue weighted by molar-refractivity contribution is -0.123. The Bertz CT molecular complexity index is 756. The van der Waals surface area contributed by atoms with E-state index in [0.29, 0.717) is 36.2 Å². The van der Waals surface area contributed by atoms with Gasteiger partial charge in [-0.15, -0.1) is 0 Å². The average Bonchev–Trinajstić information content (AvgIpc) is 3.36. The molecule has 25 heavy (non-hydrogen) atoms. The Morgan fingerprint density at radius 3 is 2.72 bits per heavy atom. The van der Waals surface area contributed by atoms with Crippen LogP contribution in [-0.2, 0) is 16.0 Å². The average molecular weight is 362 g/mol. The normalized spacial score (nSPS) is 13.5. The van der Waals surface area contributed by atoms with Gasteiger partial charge in [-0.05, 0) is 25.0 Å². The summed E-state index contributed by atoms with van der Waals surface area (Å²) in [5.41, 5.74) is 0.777. The van der Waals surface area contributed by atoms with Crippen LogP contribution in [0.3, 0.4) is 0 Å². The van der Waals surface area contributed by atoms with Gasteiger partial charge in [0.05, 0.1) is 11.2 Å². The van der Waals surface area contributed by atoms with Crippen molar-refractivity contribution in [2.45, 2.75) is 25.7 Å². The Hall–Kier alpha value is -2.34. The number of hydrogen-bond donors (Lipinski definition) is 2. The second-order valence-electron chi connectivity index (χ2n) is 6.01. The van der Waals surface area contributed by atoms with Crippen LogP contribution in [0, 0.1) is 5.92 Å². The number of nitrogens with one attached hydrogen (secondary N) is 2. The number of rotatable bonds is 8. The standard InChI is InChI=1S/C18H20ClN3O3/c19-14-4-2-1-3-13(14)15-11-22-17(25-15)8-7-16(23)20-9-10-21-18(24)12-5-6-12/h1-4,11-12H,5-10H2,(H,20,23)(H,21,24). The van der Waals surface area contributed by atoms with Gasteiger partial charge in [0.1, 0.15) is 0 Å². The highest BCUT2D eigenvalue weighted by atomic mass is 35.5. The maximum Gasteiger partial charge on any atom is 0.223 e. The second kappa shape index (κ2) is 8.16. The zero-order chi connectivity index (χ0) is 17.6. The summed E-state index contributed by atoms with van der Waals surface area (Å²) in [6.07, 6.45) is 4.25. The summed E-state index contributed by atoms with van der Waals surface area (Å²) >= 11 is 6.13. The summed E-state index contributed by atoms with van der Waals surface area (Å²) in [5.74, 6) is 1.25. The van der Waals surface area contributed by atoms with Crippen molar-refractivity contribution in [3.8, 4) is 11.3 Å². The van der Waals surface area contributed by atoms with Gasteiger partial charge in [-0.2, -0.15) is 0 Å². The Kier molecular flexibility index (Phi) is 5.71. The molecule has 1 aliphatic carbocycles. The first-order valence-electron chi connectivity index (χ1n) is 8.37. The maximum atomic E-state index is 11.8. The molecular weight excluding hydrogens is 342 g/mol. The van der Waals surface area contributed by atoms with E-state index in [-0.39, 0.29) is 24.2 Å². The zero-order valence-corrected chi connectivity index (χ0v) is 14.5. The summed E-state index contributed by atoms with van der Waals surface area (Å²) in [7, 11) is 0. The molecule has 0 saturated heterocycles. The molecule has 1 fully saturated rings. The molecule has 3 rings (SSSR count). The van der Waals surface area contributed by atoms with E-state index in [0.717, 1.165) is 18.4 Å². The molecule has 0 aliphatic heterocycles. The third-order valence-corrected chi connectivity index (χ3v) is 4.28. The van der Waals surface area contributed by atoms with Crippen molar-refractivity contribution in [3.05, 3.63) is 41.4 Å². The van der Waals surface area contributed by atoms with Gasteiger partial charge in [0, 0.05) is 37.4 Å². The van der Waals surface area contributed by atoms with Gasteiger partial charge in [0.25, 0.3) is 0 Å². The molecule has 0 spiro atoms. The molecule has 2 aromatic rings. The maximum absolute atomic E-state index is 11.8. The van der Waals surface area contributed by atoms with Crippen LogP contribution in [0.4, 0.5) is 0 Å². The third-order valence-electron chi connectivity index (χ3n) is 3.95. The van der Waals surface area contributed by atoms with Crippen molar-refractivity contribution in [1.29, 1.82) is 0 Å². The van der Waals surface area contributed by atoms with E-state index in [1.165, 1.54) is 0 Å². The van der Waals surface area contributed by atoms with Crippen molar-refractivity contribution in [2.75, 3.05) is 13.1 Å². The van der Waals surface area contributed by atoms with E-state index in [1.807, 2.05) is 18.2 Å². The lowest BCUT2D eigenvalue weighted by atomic mass is 10.2. The summed E-state index contributed by atoms with van der Waals surface area (Å²) in [5, 5.41) is 6.17. The highest BCUT2D eigenvalue weighted by molar-refractivity contribution is 6.33. The third kappa shape index (κ3) is 5.06. The minimum absolute atomic E-state index is 0.0844. The molecular formula is C18H20ClN3O3. The molecule has 1 saturated carbocycles. The summed E-state index contributed by atoms with van der Waals surface area (Å²) < 4.78 is 5.66. The lowest BCUT2D eigenvalue weighted by Gasteiger charge is -2.06. The summed E-state index contributed by atoms with van der Waals surface area (Å²) in [6.45, 7) is 0.879. The Morgan fingerprint density at radius 1 is 1.20 bits per heavy atom. The van der Waals surface area contributed by atoms with Crippen molar-refractivity contribution in [3.63, 3.8) is 0 Å². The molecule has 0 unspecified atom stereocenters. The van der Waals surface area contributed by atoms with E-state index >= 15 is 0 Å². The van der Waals surface area contributed by atoms with Gasteiger partial charge in [0.15, 0.2) is 11.7 Å². The van der Waals surface area contributed by atoms with Gasteiger partial charge in [-0.3, -0.25) is 9.59 Å². The molecule has 7 heteroatoms. The SMILES string of the molecule is O=C(CCc1ncc(-c2ccccc2Cl)o1)NCCNC(=O)C1CC1. The molecule has 1 aromatic heterocycles. The predicted molar refractivity (Wildman–Crippen MR) is 94.0 cm³/mol. The predicted octanol–water partition coefficient (Wildman–Crippen LogP) is 2.57. The van der Waals surface area contributed by atoms with E-state index < -0.39 is 0 Å². The first kappa shape index (κ1) is 17.5. The van der Waals surface area contributed by atoms with Crippen LogP contribution in [0.15, 0.2) is 34.9 Å². The number of halogens is 1. The molecule has 2 amide bonds. The highest BCUT2D eigenvalue weighted by Crippen LogP contribution is 2.29. The second-order valence-corrected chi connectivity index (χ2v) is 6.42. The van der Waals surface area contributed by atoms with E-state index in [4.69, 9.17) is 16.0 Å².